The Bertz CT molecular complexity index is 1550. The van der Waals surface area contributed by atoms with E-state index in [2.05, 4.69) is 41.8 Å². The number of halogens is 1. The first-order valence-electron chi connectivity index (χ1n) is 15.9. The van der Waals surface area contributed by atoms with Crippen molar-refractivity contribution in [2.75, 3.05) is 24.5 Å². The summed E-state index contributed by atoms with van der Waals surface area (Å²) in [5.74, 6) is -1.12. The molecule has 3 heterocycles. The number of anilines is 1. The predicted molar refractivity (Wildman–Crippen MR) is 175 cm³/mol. The van der Waals surface area contributed by atoms with Crippen LogP contribution in [-0.4, -0.2) is 46.2 Å². The minimum Gasteiger partial charge on any atom is -0.479 e. The third-order valence-electron chi connectivity index (χ3n) is 9.22. The van der Waals surface area contributed by atoms with Crippen LogP contribution in [0, 0.1) is 32.0 Å². The van der Waals surface area contributed by atoms with Gasteiger partial charge in [-0.25, -0.2) is 9.18 Å². The maximum atomic E-state index is 14.7. The molecule has 236 valence electrons. The number of rotatable bonds is 7. The molecule has 6 nitrogen and oxygen atoms in total. The van der Waals surface area contributed by atoms with Crippen molar-refractivity contribution >= 4 is 11.7 Å². The van der Waals surface area contributed by atoms with E-state index < -0.39 is 17.7 Å². The van der Waals surface area contributed by atoms with Gasteiger partial charge >= 0.3 is 5.97 Å². The molecule has 0 spiro atoms. The molecule has 5 rings (SSSR count). The minimum atomic E-state index is -1.14. The van der Waals surface area contributed by atoms with Crippen LogP contribution >= 0.6 is 0 Å². The summed E-state index contributed by atoms with van der Waals surface area (Å²) in [7, 11) is 0. The molecule has 0 bridgehead atoms. The average Bonchev–Trinajstić information content (AvgIpc) is 2.93. The van der Waals surface area contributed by atoms with Gasteiger partial charge in [-0.15, -0.1) is 0 Å². The molecule has 3 aromatic rings. The lowest BCUT2D eigenvalue weighted by atomic mass is 9.81. The Labute approximate surface area is 262 Å². The zero-order chi connectivity index (χ0) is 32.0. The number of aliphatic carboxylic acids is 1. The van der Waals surface area contributed by atoms with E-state index in [4.69, 9.17) is 9.72 Å². The van der Waals surface area contributed by atoms with Gasteiger partial charge in [-0.3, -0.25) is 9.88 Å². The second kappa shape index (κ2) is 12.2. The Morgan fingerprint density at radius 2 is 1.75 bits per heavy atom. The largest absolute Gasteiger partial charge is 0.479 e. The number of ether oxygens (including phenoxy) is 1. The van der Waals surface area contributed by atoms with Crippen molar-refractivity contribution in [3.63, 3.8) is 0 Å². The van der Waals surface area contributed by atoms with Crippen LogP contribution in [0.3, 0.4) is 0 Å². The summed E-state index contributed by atoms with van der Waals surface area (Å²) in [6.07, 6.45) is 1.76. The highest BCUT2D eigenvalue weighted by Gasteiger charge is 2.36. The average molecular weight is 602 g/mol. The van der Waals surface area contributed by atoms with Crippen LogP contribution < -0.4 is 4.90 Å². The number of carboxylic acid groups (broad SMARTS) is 1. The van der Waals surface area contributed by atoms with Gasteiger partial charge in [-0.1, -0.05) is 50.2 Å². The number of aryl methyl sites for hydroxylation is 3. The Morgan fingerprint density at radius 1 is 1.05 bits per heavy atom. The van der Waals surface area contributed by atoms with E-state index in [0.717, 1.165) is 73.5 Å². The monoisotopic (exact) mass is 601 g/mol. The van der Waals surface area contributed by atoms with Crippen molar-refractivity contribution in [2.45, 2.75) is 99.4 Å². The summed E-state index contributed by atoms with van der Waals surface area (Å²) in [5.41, 5.74) is 8.72. The van der Waals surface area contributed by atoms with E-state index in [0.29, 0.717) is 23.4 Å². The zero-order valence-corrected chi connectivity index (χ0v) is 27.7. The van der Waals surface area contributed by atoms with E-state index in [1.165, 1.54) is 11.1 Å². The van der Waals surface area contributed by atoms with Crippen LogP contribution in [0.2, 0.25) is 0 Å². The molecule has 0 aliphatic carbocycles. The molecule has 1 N–H and O–H groups in total. The van der Waals surface area contributed by atoms with Crippen molar-refractivity contribution in [2.24, 2.45) is 5.41 Å². The van der Waals surface area contributed by atoms with E-state index in [-0.39, 0.29) is 11.2 Å². The molecule has 0 saturated carbocycles. The second-order valence-corrected chi connectivity index (χ2v) is 14.5. The smallest absolute Gasteiger partial charge is 0.337 e. The van der Waals surface area contributed by atoms with E-state index in [1.54, 1.807) is 0 Å². The molecule has 2 aliphatic heterocycles. The van der Waals surface area contributed by atoms with Gasteiger partial charge in [0.05, 0.1) is 11.3 Å². The summed E-state index contributed by atoms with van der Waals surface area (Å²) in [6.45, 7) is 19.9. The Balaban J connectivity index is 1.57. The number of hydrogen-bond acceptors (Lipinski definition) is 5. The zero-order valence-electron chi connectivity index (χ0n) is 27.7. The summed E-state index contributed by atoms with van der Waals surface area (Å²) in [6, 6.07) is 12.2. The number of pyridine rings is 1. The Hall–Kier alpha value is -3.29. The van der Waals surface area contributed by atoms with E-state index >= 15 is 0 Å². The highest BCUT2D eigenvalue weighted by atomic mass is 19.1. The van der Waals surface area contributed by atoms with Crippen molar-refractivity contribution in [1.82, 2.24) is 9.88 Å². The van der Waals surface area contributed by atoms with Gasteiger partial charge in [0.15, 0.2) is 6.10 Å². The van der Waals surface area contributed by atoms with Gasteiger partial charge in [0.1, 0.15) is 5.82 Å². The highest BCUT2D eigenvalue weighted by Crippen LogP contribution is 2.45. The lowest BCUT2D eigenvalue weighted by Gasteiger charge is -2.41. The maximum Gasteiger partial charge on any atom is 0.337 e. The number of benzene rings is 2. The molecule has 1 fully saturated rings. The maximum absolute atomic E-state index is 14.7. The molecule has 0 radical (unpaired) electrons. The predicted octanol–water partition coefficient (Wildman–Crippen LogP) is 7.94. The third-order valence-corrected chi connectivity index (χ3v) is 9.22. The molecular formula is C37H48FN3O3. The summed E-state index contributed by atoms with van der Waals surface area (Å²) in [5, 5.41) is 10.5. The van der Waals surface area contributed by atoms with Gasteiger partial charge in [-0.2, -0.15) is 0 Å². The number of piperidine rings is 1. The van der Waals surface area contributed by atoms with Crippen LogP contribution in [-0.2, 0) is 29.0 Å². The van der Waals surface area contributed by atoms with Gasteiger partial charge in [-0.05, 0) is 88.5 Å². The molecular weight excluding hydrogens is 553 g/mol. The molecule has 2 aliphatic rings. The molecule has 0 amide bonds. The Morgan fingerprint density at radius 3 is 2.41 bits per heavy atom. The van der Waals surface area contributed by atoms with Crippen LogP contribution in [0.4, 0.5) is 10.1 Å². The topological polar surface area (TPSA) is 65.9 Å². The first-order valence-corrected chi connectivity index (χ1v) is 15.9. The van der Waals surface area contributed by atoms with Gasteiger partial charge < -0.3 is 14.7 Å². The summed E-state index contributed by atoms with van der Waals surface area (Å²) in [4.78, 5) is 22.4. The number of nitrogens with zero attached hydrogens (tertiary/aromatic N) is 3. The molecule has 2 aromatic carbocycles. The van der Waals surface area contributed by atoms with Crippen molar-refractivity contribution in [1.29, 1.82) is 0 Å². The first kappa shape index (κ1) is 32.1. The lowest BCUT2D eigenvalue weighted by molar-refractivity contribution is -0.160. The molecule has 44 heavy (non-hydrogen) atoms. The van der Waals surface area contributed by atoms with Crippen LogP contribution in [0.5, 0.6) is 0 Å². The van der Waals surface area contributed by atoms with Gasteiger partial charge in [0.25, 0.3) is 0 Å². The minimum absolute atomic E-state index is 0.115. The number of aromatic nitrogens is 1. The number of carbonyl (C=O) groups is 1. The van der Waals surface area contributed by atoms with Gasteiger partial charge in [0, 0.05) is 60.8 Å². The quantitative estimate of drug-likeness (QED) is 0.297. The van der Waals surface area contributed by atoms with Crippen molar-refractivity contribution in [3.8, 4) is 11.1 Å². The standard InChI is InChI=1S/C37H48FN3O3/c1-23-10-9-11-29(32(23)38)22-40-17-14-26-20-27(12-13-28(26)21-40)30-24(2)39-25(3)31(34(35(42)43)44-36(4,5)6)33(30)41-18-15-37(7,8)16-19-41/h9-13,20,34H,14-19,21-22H2,1-8H3,(H,42,43)/t34-/m0/s1. The molecule has 0 unspecified atom stereocenters. The number of hydrogen-bond donors (Lipinski definition) is 1. The summed E-state index contributed by atoms with van der Waals surface area (Å²) < 4.78 is 21.0. The normalized spacial score (nSPS) is 17.8. The van der Waals surface area contributed by atoms with E-state index in [9.17, 15) is 14.3 Å². The second-order valence-electron chi connectivity index (χ2n) is 14.5. The SMILES string of the molecule is Cc1cccc(CN2CCc3cc(-c4c(C)nc(C)c([C@H](OC(C)(C)C)C(=O)O)c4N4CCC(C)(C)CC4)ccc3C2)c1F. The van der Waals surface area contributed by atoms with Crippen molar-refractivity contribution < 1.29 is 19.0 Å². The molecule has 1 aromatic heterocycles. The van der Waals surface area contributed by atoms with Crippen molar-refractivity contribution in [3.05, 3.63) is 81.4 Å². The van der Waals surface area contributed by atoms with E-state index in [1.807, 2.05) is 59.7 Å². The Kier molecular flexibility index (Phi) is 8.94. The molecule has 1 atom stereocenters. The molecule has 1 saturated heterocycles. The number of carboxylic acids is 1. The van der Waals surface area contributed by atoms with Gasteiger partial charge in [0.2, 0.25) is 0 Å². The lowest BCUT2D eigenvalue weighted by Crippen LogP contribution is -2.39. The first-order chi connectivity index (χ1) is 20.6. The number of fused-ring (bicyclic) bond motifs is 1. The fourth-order valence-corrected chi connectivity index (χ4v) is 6.73. The fourth-order valence-electron chi connectivity index (χ4n) is 6.73. The highest BCUT2D eigenvalue weighted by molar-refractivity contribution is 5.88. The van der Waals surface area contributed by atoms with Crippen LogP contribution in [0.1, 0.15) is 92.8 Å². The summed E-state index contributed by atoms with van der Waals surface area (Å²) >= 11 is 0. The van der Waals surface area contributed by atoms with Crippen LogP contribution in [0.15, 0.2) is 36.4 Å². The third kappa shape index (κ3) is 6.84. The van der Waals surface area contributed by atoms with Crippen LogP contribution in [0.25, 0.3) is 11.1 Å². The fraction of sp³-hybridized carbons (Fsp3) is 0.514. The molecule has 7 heteroatoms.